The molecule has 1 heterocycles. The van der Waals surface area contributed by atoms with Crippen LogP contribution in [0.5, 0.6) is 11.5 Å². The molecule has 1 aliphatic heterocycles. The lowest BCUT2D eigenvalue weighted by atomic mass is 9.66. The second-order valence-corrected chi connectivity index (χ2v) is 13.5. The Labute approximate surface area is 241 Å². The van der Waals surface area contributed by atoms with Gasteiger partial charge in [0.1, 0.15) is 5.83 Å². The summed E-state index contributed by atoms with van der Waals surface area (Å²) in [6.45, 7) is 9.90. The van der Waals surface area contributed by atoms with Crippen LogP contribution in [0.15, 0.2) is 41.4 Å². The van der Waals surface area contributed by atoms with Gasteiger partial charge in [-0.15, -0.1) is 8.78 Å². The smallest absolute Gasteiger partial charge is 0.397 e. The Kier molecular flexibility index (Phi) is 8.69. The van der Waals surface area contributed by atoms with E-state index >= 15 is 4.39 Å². The van der Waals surface area contributed by atoms with Gasteiger partial charge in [0, 0.05) is 19.6 Å². The van der Waals surface area contributed by atoms with E-state index in [1.165, 1.54) is 12.1 Å². The second-order valence-electron chi connectivity index (χ2n) is 13.5. The maximum absolute atomic E-state index is 15.4. The number of allylic oxidation sites excluding steroid dienone is 3. The highest BCUT2D eigenvalue weighted by molar-refractivity contribution is 6.11. The van der Waals surface area contributed by atoms with Gasteiger partial charge in [0.25, 0.3) is 0 Å². The van der Waals surface area contributed by atoms with E-state index in [2.05, 4.69) is 21.7 Å². The SMILES string of the molecule is [B][C@@H](CO)CC(C)CC(CC1=CC(NC(=O)C2(c3ccc4c(c3)OC(F)(F)O4)CC2)=C(F)CC1(C)C)C(C)(C)CO. The fourth-order valence-corrected chi connectivity index (χ4v) is 5.99. The number of benzene rings is 1. The number of rotatable bonds is 12. The third-order valence-corrected chi connectivity index (χ3v) is 9.07. The number of fused-ring (bicyclic) bond motifs is 1. The van der Waals surface area contributed by atoms with Crippen LogP contribution in [0.3, 0.4) is 0 Å². The first kappa shape index (κ1) is 31.5. The van der Waals surface area contributed by atoms with E-state index in [1.807, 2.05) is 27.7 Å². The minimum atomic E-state index is -3.75. The molecule has 1 amide bonds. The molecular formula is C31H41BF3NO5. The summed E-state index contributed by atoms with van der Waals surface area (Å²) >= 11 is 0. The summed E-state index contributed by atoms with van der Waals surface area (Å²) in [5.74, 6) is -1.13. The van der Waals surface area contributed by atoms with Crippen LogP contribution in [0, 0.1) is 22.7 Å². The van der Waals surface area contributed by atoms with Crippen molar-refractivity contribution < 1.29 is 37.7 Å². The van der Waals surface area contributed by atoms with E-state index in [4.69, 9.17) is 7.85 Å². The van der Waals surface area contributed by atoms with E-state index in [0.717, 1.165) is 12.0 Å². The van der Waals surface area contributed by atoms with Gasteiger partial charge < -0.3 is 25.0 Å². The predicted octanol–water partition coefficient (Wildman–Crippen LogP) is 6.08. The van der Waals surface area contributed by atoms with Gasteiger partial charge in [-0.1, -0.05) is 58.5 Å². The van der Waals surface area contributed by atoms with Gasteiger partial charge in [-0.3, -0.25) is 4.79 Å². The summed E-state index contributed by atoms with van der Waals surface area (Å²) < 4.78 is 51.5. The van der Waals surface area contributed by atoms with E-state index in [0.29, 0.717) is 31.2 Å². The molecule has 224 valence electrons. The molecule has 41 heavy (non-hydrogen) atoms. The summed E-state index contributed by atoms with van der Waals surface area (Å²) in [7, 11) is 5.97. The van der Waals surface area contributed by atoms with Crippen LogP contribution in [0.1, 0.15) is 78.7 Å². The molecule has 4 rings (SSSR count). The van der Waals surface area contributed by atoms with E-state index in [-0.39, 0.29) is 54.5 Å². The minimum Gasteiger partial charge on any atom is -0.397 e. The number of alkyl halides is 2. The number of nitrogens with one attached hydrogen (secondary N) is 1. The largest absolute Gasteiger partial charge is 0.586 e. The summed E-state index contributed by atoms with van der Waals surface area (Å²) in [6.07, 6.45) is 1.05. The quantitative estimate of drug-likeness (QED) is 0.263. The molecule has 3 atom stereocenters. The van der Waals surface area contributed by atoms with Gasteiger partial charge >= 0.3 is 6.29 Å². The molecule has 10 heteroatoms. The molecule has 1 fully saturated rings. The number of carbonyl (C=O) groups excluding carboxylic acids is 1. The molecule has 3 N–H and O–H groups in total. The summed E-state index contributed by atoms with van der Waals surface area (Å²) in [4.78, 5) is 13.5. The Morgan fingerprint density at radius 2 is 1.80 bits per heavy atom. The van der Waals surface area contributed by atoms with Crippen molar-refractivity contribution in [1.82, 2.24) is 5.32 Å². The summed E-state index contributed by atoms with van der Waals surface area (Å²) in [5, 5.41) is 22.4. The van der Waals surface area contributed by atoms with E-state index in [9.17, 15) is 23.8 Å². The van der Waals surface area contributed by atoms with Gasteiger partial charge in [0.15, 0.2) is 11.5 Å². The molecule has 2 unspecified atom stereocenters. The number of carbonyl (C=O) groups is 1. The average Bonchev–Trinajstić information content (AvgIpc) is 3.62. The highest BCUT2D eigenvalue weighted by Gasteiger charge is 2.53. The number of hydrogen-bond donors (Lipinski definition) is 3. The van der Waals surface area contributed by atoms with Crippen molar-refractivity contribution in [2.45, 2.75) is 90.7 Å². The van der Waals surface area contributed by atoms with Crippen molar-refractivity contribution in [2.24, 2.45) is 22.7 Å². The first-order valence-corrected chi connectivity index (χ1v) is 14.3. The lowest BCUT2D eigenvalue weighted by molar-refractivity contribution is -0.286. The van der Waals surface area contributed by atoms with Crippen molar-refractivity contribution in [3.8, 4) is 11.5 Å². The van der Waals surface area contributed by atoms with Crippen molar-refractivity contribution in [2.75, 3.05) is 13.2 Å². The van der Waals surface area contributed by atoms with Crippen molar-refractivity contribution in [3.05, 3.63) is 46.9 Å². The molecule has 0 saturated heterocycles. The topological polar surface area (TPSA) is 88.0 Å². The van der Waals surface area contributed by atoms with E-state index < -0.39 is 34.3 Å². The lowest BCUT2D eigenvalue weighted by Gasteiger charge is -2.40. The highest BCUT2D eigenvalue weighted by atomic mass is 19.3. The molecule has 1 saturated carbocycles. The van der Waals surface area contributed by atoms with Gasteiger partial charge in [-0.05, 0) is 72.1 Å². The zero-order valence-corrected chi connectivity index (χ0v) is 24.5. The van der Waals surface area contributed by atoms with Crippen molar-refractivity contribution >= 4 is 13.8 Å². The fraction of sp³-hybridized carbons (Fsp3) is 0.645. The minimum absolute atomic E-state index is 0.0259. The van der Waals surface area contributed by atoms with Crippen LogP contribution in [-0.2, 0) is 10.2 Å². The van der Waals surface area contributed by atoms with Crippen LogP contribution in [0.4, 0.5) is 13.2 Å². The van der Waals surface area contributed by atoms with Gasteiger partial charge in [0.2, 0.25) is 5.91 Å². The molecule has 0 spiro atoms. The van der Waals surface area contributed by atoms with E-state index in [1.54, 1.807) is 12.1 Å². The average molecular weight is 575 g/mol. The standard InChI is InChI=1S/C31H41BF3NO5/c1-18(11-22(32)16-37)10-20(29(4,5)17-38)12-21-13-24(23(33)15-28(21,2)3)36-27(39)30(8-9-30)19-6-7-25-26(14-19)41-31(34,35)40-25/h6-7,13-14,18,20,22,37-38H,8-12,15-17H2,1-5H3,(H,36,39)/t18?,20?,22-/m1/s1. The number of hydrogen-bond acceptors (Lipinski definition) is 5. The molecule has 3 aliphatic rings. The normalized spacial score (nSPS) is 22.5. The molecule has 1 aromatic carbocycles. The monoisotopic (exact) mass is 575 g/mol. The lowest BCUT2D eigenvalue weighted by Crippen LogP contribution is -2.36. The third kappa shape index (κ3) is 6.80. The second kappa shape index (κ2) is 11.3. The number of ether oxygens (including phenoxy) is 2. The molecule has 2 radical (unpaired) electrons. The van der Waals surface area contributed by atoms with Crippen LogP contribution >= 0.6 is 0 Å². The van der Waals surface area contributed by atoms with Crippen LogP contribution in [-0.4, -0.2) is 43.5 Å². The maximum atomic E-state index is 15.4. The third-order valence-electron chi connectivity index (χ3n) is 9.07. The van der Waals surface area contributed by atoms with Crippen LogP contribution < -0.4 is 14.8 Å². The highest BCUT2D eigenvalue weighted by Crippen LogP contribution is 2.53. The number of aliphatic hydroxyl groups is 2. The molecule has 6 nitrogen and oxygen atoms in total. The number of halogens is 3. The summed E-state index contributed by atoms with van der Waals surface area (Å²) in [5.41, 5.74) is -0.310. The molecular weight excluding hydrogens is 534 g/mol. The fourth-order valence-electron chi connectivity index (χ4n) is 5.99. The molecule has 2 aliphatic carbocycles. The Balaban J connectivity index is 1.55. The van der Waals surface area contributed by atoms with Crippen molar-refractivity contribution in [1.29, 1.82) is 0 Å². The first-order chi connectivity index (χ1) is 19.0. The van der Waals surface area contributed by atoms with Crippen LogP contribution in [0.25, 0.3) is 0 Å². The van der Waals surface area contributed by atoms with Gasteiger partial charge in [-0.25, -0.2) is 4.39 Å². The zero-order valence-electron chi connectivity index (χ0n) is 24.5. The first-order valence-electron chi connectivity index (χ1n) is 14.3. The van der Waals surface area contributed by atoms with Gasteiger partial charge in [-0.2, -0.15) is 0 Å². The maximum Gasteiger partial charge on any atom is 0.586 e. The Bertz CT molecular complexity index is 1220. The Morgan fingerprint density at radius 1 is 1.15 bits per heavy atom. The molecule has 0 bridgehead atoms. The number of aliphatic hydroxyl groups excluding tert-OH is 2. The zero-order chi connectivity index (χ0) is 30.4. The molecule has 1 aromatic rings. The summed E-state index contributed by atoms with van der Waals surface area (Å²) in [6, 6.07) is 4.32. The van der Waals surface area contributed by atoms with Gasteiger partial charge in [0.05, 0.1) is 19.0 Å². The Hall–Kier alpha value is -2.46. The van der Waals surface area contributed by atoms with Crippen LogP contribution in [0.2, 0.25) is 5.82 Å². The van der Waals surface area contributed by atoms with Crippen molar-refractivity contribution in [3.63, 3.8) is 0 Å². The molecule has 0 aromatic heterocycles. The predicted molar refractivity (Wildman–Crippen MR) is 150 cm³/mol. The Morgan fingerprint density at radius 3 is 2.41 bits per heavy atom. The number of amides is 1.